The minimum atomic E-state index is -0.396. The predicted octanol–water partition coefficient (Wildman–Crippen LogP) is 3.56. The van der Waals surface area contributed by atoms with Gasteiger partial charge in [0.2, 0.25) is 5.95 Å². The molecule has 0 amide bonds. The van der Waals surface area contributed by atoms with Crippen LogP contribution in [0.4, 0.5) is 33.2 Å². The maximum Gasteiger partial charge on any atom is 0.221 e. The van der Waals surface area contributed by atoms with Crippen molar-refractivity contribution in [1.29, 1.82) is 0 Å². The lowest BCUT2D eigenvalue weighted by Crippen LogP contribution is -2.00. The average molecular weight is 335 g/mol. The van der Waals surface area contributed by atoms with Crippen LogP contribution in [-0.2, 0) is 0 Å². The molecule has 0 spiro atoms. The third-order valence-electron chi connectivity index (χ3n) is 3.65. The van der Waals surface area contributed by atoms with Gasteiger partial charge in [0.25, 0.3) is 0 Å². The lowest BCUT2D eigenvalue weighted by molar-refractivity contribution is 0.632. The van der Waals surface area contributed by atoms with E-state index in [4.69, 9.17) is 5.73 Å². The molecule has 0 aliphatic rings. The highest BCUT2D eigenvalue weighted by atomic mass is 19.1. The molecule has 5 N–H and O–H groups in total. The minimum Gasteiger partial charge on any atom is -0.368 e. The van der Waals surface area contributed by atoms with Gasteiger partial charge in [0.15, 0.2) is 0 Å². The average Bonchev–Trinajstić information content (AvgIpc) is 3.07. The third-order valence-corrected chi connectivity index (χ3v) is 3.65. The first-order valence-electron chi connectivity index (χ1n) is 7.53. The largest absolute Gasteiger partial charge is 0.368 e. The minimum absolute atomic E-state index is 0.150. The van der Waals surface area contributed by atoms with Gasteiger partial charge in [0, 0.05) is 29.7 Å². The first kappa shape index (κ1) is 14.9. The van der Waals surface area contributed by atoms with E-state index in [2.05, 4.69) is 30.6 Å². The molecule has 1 aromatic carbocycles. The van der Waals surface area contributed by atoms with E-state index in [0.717, 1.165) is 16.7 Å². The number of pyridine rings is 1. The monoisotopic (exact) mass is 335 g/mol. The van der Waals surface area contributed by atoms with Crippen molar-refractivity contribution in [1.82, 2.24) is 19.9 Å². The van der Waals surface area contributed by atoms with Gasteiger partial charge >= 0.3 is 0 Å². The second-order valence-corrected chi connectivity index (χ2v) is 5.34. The second kappa shape index (κ2) is 6.08. The van der Waals surface area contributed by atoms with Gasteiger partial charge in [-0.3, -0.25) is 0 Å². The van der Waals surface area contributed by atoms with Crippen LogP contribution in [0.15, 0.2) is 55.0 Å². The first-order chi connectivity index (χ1) is 12.2. The van der Waals surface area contributed by atoms with Crippen LogP contribution in [0, 0.1) is 5.82 Å². The lowest BCUT2D eigenvalue weighted by atomic mass is 10.2. The van der Waals surface area contributed by atoms with Crippen molar-refractivity contribution in [2.75, 3.05) is 16.4 Å². The van der Waals surface area contributed by atoms with Gasteiger partial charge in [0.05, 0.1) is 11.4 Å². The summed E-state index contributed by atoms with van der Waals surface area (Å²) < 4.78 is 14.5. The lowest BCUT2D eigenvalue weighted by Gasteiger charge is -2.11. The molecular weight excluding hydrogens is 321 g/mol. The number of nitrogens with one attached hydrogen (secondary N) is 3. The van der Waals surface area contributed by atoms with E-state index in [9.17, 15) is 4.39 Å². The molecule has 124 valence electrons. The number of nitrogens with two attached hydrogens (primary N) is 1. The molecule has 3 heterocycles. The van der Waals surface area contributed by atoms with E-state index < -0.39 is 5.82 Å². The maximum atomic E-state index is 14.5. The summed E-state index contributed by atoms with van der Waals surface area (Å²) in [5, 5.41) is 6.97. The number of rotatable bonds is 4. The predicted molar refractivity (Wildman–Crippen MR) is 95.5 cm³/mol. The van der Waals surface area contributed by atoms with Crippen LogP contribution in [0.2, 0.25) is 0 Å². The Hall–Kier alpha value is -3.68. The van der Waals surface area contributed by atoms with Crippen molar-refractivity contribution >= 4 is 39.9 Å². The normalized spacial score (nSPS) is 10.8. The molecule has 0 unspecified atom stereocenters. The number of aromatic amines is 1. The summed E-state index contributed by atoms with van der Waals surface area (Å²) in [6.45, 7) is 0. The fourth-order valence-corrected chi connectivity index (χ4v) is 2.50. The Bertz CT molecular complexity index is 1040. The summed E-state index contributed by atoms with van der Waals surface area (Å²) in [7, 11) is 0. The Morgan fingerprint density at radius 2 is 1.84 bits per heavy atom. The number of nitrogen functional groups attached to an aromatic ring is 1. The molecule has 7 nitrogen and oxygen atoms in total. The molecular formula is C17H14FN7. The third kappa shape index (κ3) is 3.05. The number of nitrogens with zero attached hydrogens (tertiary/aromatic N) is 3. The summed E-state index contributed by atoms with van der Waals surface area (Å²) >= 11 is 0. The zero-order valence-corrected chi connectivity index (χ0v) is 13.0. The Morgan fingerprint density at radius 3 is 2.68 bits per heavy atom. The van der Waals surface area contributed by atoms with Crippen LogP contribution < -0.4 is 16.4 Å². The highest BCUT2D eigenvalue weighted by molar-refractivity contribution is 5.91. The van der Waals surface area contributed by atoms with Crippen LogP contribution in [0.25, 0.3) is 11.0 Å². The van der Waals surface area contributed by atoms with Crippen molar-refractivity contribution in [3.05, 3.63) is 60.8 Å². The van der Waals surface area contributed by atoms with Gasteiger partial charge in [-0.05, 0) is 36.4 Å². The number of hydrogen-bond donors (Lipinski definition) is 4. The SMILES string of the molecule is Nc1nccc(Nc2ccc(Nc3ccnc4[nH]ccc34)c(F)c2)n1. The van der Waals surface area contributed by atoms with Gasteiger partial charge in [-0.15, -0.1) is 0 Å². The number of fused-ring (bicyclic) bond motifs is 1. The van der Waals surface area contributed by atoms with Gasteiger partial charge < -0.3 is 21.4 Å². The van der Waals surface area contributed by atoms with E-state index in [1.165, 1.54) is 12.3 Å². The van der Waals surface area contributed by atoms with Crippen molar-refractivity contribution < 1.29 is 4.39 Å². The number of hydrogen-bond acceptors (Lipinski definition) is 6. The number of H-pyrrole nitrogens is 1. The summed E-state index contributed by atoms with van der Waals surface area (Å²) in [6, 6.07) is 10.1. The molecule has 0 radical (unpaired) electrons. The van der Waals surface area contributed by atoms with Gasteiger partial charge in [-0.1, -0.05) is 0 Å². The Balaban J connectivity index is 1.59. The molecule has 4 aromatic rings. The molecule has 0 bridgehead atoms. The van der Waals surface area contributed by atoms with Crippen LogP contribution in [0.5, 0.6) is 0 Å². The van der Waals surface area contributed by atoms with Crippen LogP contribution in [-0.4, -0.2) is 19.9 Å². The maximum absolute atomic E-state index is 14.5. The van der Waals surface area contributed by atoms with Crippen molar-refractivity contribution in [2.24, 2.45) is 0 Å². The summed E-state index contributed by atoms with van der Waals surface area (Å²) in [4.78, 5) is 15.1. The Morgan fingerprint density at radius 1 is 0.960 bits per heavy atom. The van der Waals surface area contributed by atoms with Gasteiger partial charge in [-0.25, -0.2) is 14.4 Å². The fourth-order valence-electron chi connectivity index (χ4n) is 2.50. The number of aromatic nitrogens is 4. The van der Waals surface area contributed by atoms with Crippen LogP contribution >= 0.6 is 0 Å². The molecule has 25 heavy (non-hydrogen) atoms. The molecule has 0 saturated heterocycles. The van der Waals surface area contributed by atoms with Crippen molar-refractivity contribution in [3.8, 4) is 0 Å². The van der Waals surface area contributed by atoms with Crippen LogP contribution in [0.3, 0.4) is 0 Å². The smallest absolute Gasteiger partial charge is 0.221 e. The van der Waals surface area contributed by atoms with Crippen LogP contribution in [0.1, 0.15) is 0 Å². The molecule has 0 fully saturated rings. The molecule has 0 atom stereocenters. The highest BCUT2D eigenvalue weighted by Crippen LogP contribution is 2.28. The quantitative estimate of drug-likeness (QED) is 0.454. The fraction of sp³-hybridized carbons (Fsp3) is 0. The van der Waals surface area contributed by atoms with E-state index in [1.807, 2.05) is 6.07 Å². The molecule has 4 rings (SSSR count). The Kier molecular flexibility index (Phi) is 3.62. The number of benzene rings is 1. The molecule has 0 aliphatic carbocycles. The zero-order valence-electron chi connectivity index (χ0n) is 13.0. The molecule has 0 aliphatic heterocycles. The standard InChI is InChI=1S/C17H14FN7/c18-12-9-10(23-15-5-8-22-17(19)25-15)1-2-14(12)24-13-4-7-21-16-11(13)3-6-20-16/h1-9H,(H2,20,21,24)(H3,19,22,23,25). The van der Waals surface area contributed by atoms with E-state index in [1.54, 1.807) is 36.7 Å². The van der Waals surface area contributed by atoms with Crippen molar-refractivity contribution in [3.63, 3.8) is 0 Å². The van der Waals surface area contributed by atoms with Gasteiger partial charge in [0.1, 0.15) is 17.3 Å². The van der Waals surface area contributed by atoms with E-state index in [-0.39, 0.29) is 5.95 Å². The summed E-state index contributed by atoms with van der Waals surface area (Å²) in [5.41, 5.74) is 7.97. The molecule has 8 heteroatoms. The van der Waals surface area contributed by atoms with Gasteiger partial charge in [-0.2, -0.15) is 4.98 Å². The number of halogens is 1. The second-order valence-electron chi connectivity index (χ2n) is 5.34. The summed E-state index contributed by atoms with van der Waals surface area (Å²) in [5.74, 6) is 0.250. The zero-order chi connectivity index (χ0) is 17.2. The first-order valence-corrected chi connectivity index (χ1v) is 7.53. The highest BCUT2D eigenvalue weighted by Gasteiger charge is 2.08. The Labute approximate surface area is 142 Å². The summed E-state index contributed by atoms with van der Waals surface area (Å²) in [6.07, 6.45) is 4.98. The van der Waals surface area contributed by atoms with E-state index in [0.29, 0.717) is 17.2 Å². The number of anilines is 5. The molecule has 0 saturated carbocycles. The van der Waals surface area contributed by atoms with Crippen molar-refractivity contribution in [2.45, 2.75) is 0 Å². The molecule has 3 aromatic heterocycles. The van der Waals surface area contributed by atoms with E-state index >= 15 is 0 Å². The topological polar surface area (TPSA) is 105 Å².